The maximum absolute atomic E-state index is 8.33. The zero-order chi connectivity index (χ0) is 4.99. The van der Waals surface area contributed by atoms with Crippen LogP contribution >= 0.6 is 0 Å². The summed E-state index contributed by atoms with van der Waals surface area (Å²) in [7, 11) is 0. The van der Waals surface area contributed by atoms with Crippen molar-refractivity contribution in [3.05, 3.63) is 0 Å². The van der Waals surface area contributed by atoms with Gasteiger partial charge in [0.1, 0.15) is 0 Å². The fraction of sp³-hybridized carbons (Fsp3) is 1.00. The Morgan fingerprint density at radius 1 is 1.71 bits per heavy atom. The molecular weight excluding hydrogens is 259 g/mol. The summed E-state index contributed by atoms with van der Waals surface area (Å²) in [5, 5.41) is 8.33. The summed E-state index contributed by atoms with van der Waals surface area (Å²) < 4.78 is 4.60. The molecule has 0 aromatic heterocycles. The Hall–Kier alpha value is 0.790. The fourth-order valence-corrected chi connectivity index (χ4v) is 0.241. The van der Waals surface area contributed by atoms with Gasteiger partial charge >= 0.3 is 0 Å². The topological polar surface area (TPSA) is 29.5 Å². The molecule has 1 N–H and O–H groups in total. The van der Waals surface area contributed by atoms with Crippen molar-refractivity contribution in [2.24, 2.45) is 0 Å². The quantitative estimate of drug-likeness (QED) is 0.579. The van der Waals surface area contributed by atoms with Crippen LogP contribution in [0.4, 0.5) is 0 Å². The van der Waals surface area contributed by atoms with Gasteiger partial charge in [0.15, 0.2) is 6.29 Å². The first kappa shape index (κ1) is 10.7. The summed E-state index contributed by atoms with van der Waals surface area (Å²) in [5.41, 5.74) is 0. The molecule has 0 aliphatic rings. The van der Waals surface area contributed by atoms with E-state index in [1.807, 2.05) is 6.92 Å². The number of rotatable bonds is 2. The van der Waals surface area contributed by atoms with Gasteiger partial charge in [0, 0.05) is 32.5 Å². The first-order valence-corrected chi connectivity index (χ1v) is 2.07. The van der Waals surface area contributed by atoms with Crippen LogP contribution in [0, 0.1) is 0 Å². The number of aliphatic hydroxyl groups excluding tert-OH is 1. The molecule has 0 aromatic carbocycles. The molecule has 0 saturated heterocycles. The van der Waals surface area contributed by atoms with Crippen molar-refractivity contribution in [3.8, 4) is 0 Å². The minimum Gasteiger partial charge on any atom is -0.368 e. The van der Waals surface area contributed by atoms with Gasteiger partial charge in [0.2, 0.25) is 0 Å². The van der Waals surface area contributed by atoms with Crippen molar-refractivity contribution in [3.63, 3.8) is 0 Å². The average Bonchev–Trinajstić information content (AvgIpc) is 1.35. The molecule has 0 bridgehead atoms. The second-order valence-corrected chi connectivity index (χ2v) is 1.05. The van der Waals surface area contributed by atoms with Gasteiger partial charge in [-0.15, -0.1) is 0 Å². The van der Waals surface area contributed by atoms with Crippen molar-refractivity contribution >= 4 is 0 Å². The summed E-state index contributed by atoms with van der Waals surface area (Å²) in [5.74, 6) is 0. The van der Waals surface area contributed by atoms with Crippen LogP contribution in [0.2, 0.25) is 0 Å². The average molecular weight is 269 g/mol. The third kappa shape index (κ3) is 10.8. The predicted octanol–water partition coefficient (Wildman–Crippen LogP) is 0.359. The molecule has 0 heterocycles. The Labute approximate surface area is 62.6 Å². The molecule has 1 unspecified atom stereocenters. The second kappa shape index (κ2) is 6.79. The normalized spacial score (nSPS) is 12.4. The van der Waals surface area contributed by atoms with Crippen LogP contribution in [0.3, 0.4) is 0 Å². The van der Waals surface area contributed by atoms with E-state index in [1.165, 1.54) is 0 Å². The van der Waals surface area contributed by atoms with Crippen LogP contribution in [-0.2, 0) is 30.6 Å². The van der Waals surface area contributed by atoms with Crippen molar-refractivity contribution in [2.45, 2.75) is 20.1 Å². The van der Waals surface area contributed by atoms with Crippen molar-refractivity contribution < 1.29 is 35.7 Å². The van der Waals surface area contributed by atoms with Crippen LogP contribution < -0.4 is 0 Å². The molecule has 0 amide bonds. The third-order valence-electron chi connectivity index (χ3n) is 0.408. The first-order valence-electron chi connectivity index (χ1n) is 2.07. The fourth-order valence-electron chi connectivity index (χ4n) is 0.241. The minimum atomic E-state index is -0.602. The van der Waals surface area contributed by atoms with Crippen molar-refractivity contribution in [1.82, 2.24) is 0 Å². The number of hydrogen-bond donors (Lipinski definition) is 1. The Morgan fingerprint density at radius 3 is 2.14 bits per heavy atom. The third-order valence-corrected chi connectivity index (χ3v) is 0.408. The van der Waals surface area contributed by atoms with Gasteiger partial charge in [-0.3, -0.25) is 0 Å². The molecule has 0 saturated carbocycles. The zero-order valence-corrected chi connectivity index (χ0v) is 8.23. The summed E-state index contributed by atoms with van der Waals surface area (Å²) in [6.45, 7) is 4.01. The standard InChI is InChI=1S/C4H10O2.Hf/c1-3-6-4(2)5;/h4-5H,3H2,1-2H3;. The molecule has 0 radical (unpaired) electrons. The maximum Gasteiger partial charge on any atom is 0.151 e. The van der Waals surface area contributed by atoms with E-state index in [1.54, 1.807) is 6.92 Å². The largest absolute Gasteiger partial charge is 0.368 e. The van der Waals surface area contributed by atoms with E-state index in [9.17, 15) is 0 Å². The van der Waals surface area contributed by atoms with E-state index in [0.717, 1.165) is 0 Å². The van der Waals surface area contributed by atoms with E-state index in [4.69, 9.17) is 5.11 Å². The van der Waals surface area contributed by atoms with Gasteiger partial charge in [-0.2, -0.15) is 0 Å². The van der Waals surface area contributed by atoms with Gasteiger partial charge in [-0.05, 0) is 13.8 Å². The second-order valence-electron chi connectivity index (χ2n) is 1.05. The summed E-state index contributed by atoms with van der Waals surface area (Å²) >= 11 is 0. The molecule has 2 nitrogen and oxygen atoms in total. The van der Waals surface area contributed by atoms with Gasteiger partial charge in [-0.25, -0.2) is 0 Å². The van der Waals surface area contributed by atoms with Crippen LogP contribution in [0.5, 0.6) is 0 Å². The maximum atomic E-state index is 8.33. The molecule has 0 aromatic rings. The molecule has 0 aliphatic heterocycles. The number of hydrogen-bond acceptors (Lipinski definition) is 2. The Bertz CT molecular complexity index is 30.9. The minimum absolute atomic E-state index is 0. The molecule has 3 heteroatoms. The van der Waals surface area contributed by atoms with E-state index in [2.05, 4.69) is 4.74 Å². The molecule has 0 rings (SSSR count). The Kier molecular flexibility index (Phi) is 10.4. The zero-order valence-electron chi connectivity index (χ0n) is 4.64. The Morgan fingerprint density at radius 2 is 2.14 bits per heavy atom. The van der Waals surface area contributed by atoms with E-state index < -0.39 is 6.29 Å². The van der Waals surface area contributed by atoms with Gasteiger partial charge in [0.05, 0.1) is 0 Å². The van der Waals surface area contributed by atoms with Crippen LogP contribution in [-0.4, -0.2) is 18.0 Å². The SMILES string of the molecule is CCOC(C)O.[Hf]. The number of aliphatic hydroxyl groups is 1. The molecule has 42 valence electrons. The van der Waals surface area contributed by atoms with E-state index in [-0.39, 0.29) is 25.8 Å². The van der Waals surface area contributed by atoms with Crippen molar-refractivity contribution in [1.29, 1.82) is 0 Å². The van der Waals surface area contributed by atoms with E-state index >= 15 is 0 Å². The van der Waals surface area contributed by atoms with Gasteiger partial charge in [0.25, 0.3) is 0 Å². The van der Waals surface area contributed by atoms with Gasteiger partial charge in [-0.1, -0.05) is 0 Å². The summed E-state index contributed by atoms with van der Waals surface area (Å²) in [4.78, 5) is 0. The first-order chi connectivity index (χ1) is 2.77. The Balaban J connectivity index is 0. The molecule has 0 spiro atoms. The van der Waals surface area contributed by atoms with Crippen LogP contribution in [0.15, 0.2) is 0 Å². The van der Waals surface area contributed by atoms with Crippen LogP contribution in [0.1, 0.15) is 13.8 Å². The molecule has 7 heavy (non-hydrogen) atoms. The monoisotopic (exact) mass is 270 g/mol. The molecular formula is C4H10HfO2. The van der Waals surface area contributed by atoms with E-state index in [0.29, 0.717) is 6.61 Å². The molecule has 0 aliphatic carbocycles. The molecule has 1 atom stereocenters. The van der Waals surface area contributed by atoms with Crippen molar-refractivity contribution in [2.75, 3.05) is 6.61 Å². The predicted molar refractivity (Wildman–Crippen MR) is 23.3 cm³/mol. The summed E-state index contributed by atoms with van der Waals surface area (Å²) in [6, 6.07) is 0. The van der Waals surface area contributed by atoms with Crippen LogP contribution in [0.25, 0.3) is 0 Å². The number of ether oxygens (including phenoxy) is 1. The molecule has 0 fully saturated rings. The smallest absolute Gasteiger partial charge is 0.151 e. The van der Waals surface area contributed by atoms with Gasteiger partial charge < -0.3 is 9.84 Å². The summed E-state index contributed by atoms with van der Waals surface area (Å²) in [6.07, 6.45) is -0.602.